The molecule has 4 rings (SSSR count). The molecule has 2 unspecified atom stereocenters. The Bertz CT molecular complexity index is 856. The maximum Gasteiger partial charge on any atom is 0.319 e. The Kier molecular flexibility index (Phi) is 9.55. The molecule has 0 radical (unpaired) electrons. The lowest BCUT2D eigenvalue weighted by Gasteiger charge is -2.28. The van der Waals surface area contributed by atoms with E-state index >= 15 is 0 Å². The van der Waals surface area contributed by atoms with Crippen molar-refractivity contribution in [1.82, 2.24) is 15.6 Å². The van der Waals surface area contributed by atoms with Crippen molar-refractivity contribution in [2.75, 3.05) is 10.6 Å². The number of pyridine rings is 1. The van der Waals surface area contributed by atoms with Gasteiger partial charge in [-0.05, 0) is 67.5 Å². The van der Waals surface area contributed by atoms with E-state index in [0.29, 0.717) is 42.3 Å². The van der Waals surface area contributed by atoms with Crippen LogP contribution in [0.1, 0.15) is 37.7 Å². The van der Waals surface area contributed by atoms with Gasteiger partial charge < -0.3 is 21.3 Å². The fourth-order valence-corrected chi connectivity index (χ4v) is 4.35. The van der Waals surface area contributed by atoms with Crippen LogP contribution < -0.4 is 21.3 Å². The van der Waals surface area contributed by atoms with Gasteiger partial charge in [0.2, 0.25) is 5.91 Å². The molecule has 2 bridgehead atoms. The van der Waals surface area contributed by atoms with E-state index in [1.807, 2.05) is 24.3 Å². The van der Waals surface area contributed by atoms with Gasteiger partial charge >= 0.3 is 6.03 Å². The number of halogens is 2. The van der Waals surface area contributed by atoms with Gasteiger partial charge in [0.15, 0.2) is 0 Å². The van der Waals surface area contributed by atoms with E-state index in [1.165, 1.54) is 12.8 Å². The van der Waals surface area contributed by atoms with E-state index in [9.17, 15) is 9.59 Å². The Morgan fingerprint density at radius 2 is 1.61 bits per heavy atom. The van der Waals surface area contributed by atoms with E-state index < -0.39 is 0 Å². The smallest absolute Gasteiger partial charge is 0.319 e. The number of nitrogens with zero attached hydrogens (tertiary/aromatic N) is 1. The number of piperidine rings is 1. The Morgan fingerprint density at radius 3 is 2.29 bits per heavy atom. The van der Waals surface area contributed by atoms with Crippen LogP contribution >= 0.6 is 24.8 Å². The zero-order valence-electron chi connectivity index (χ0n) is 17.2. The van der Waals surface area contributed by atoms with Crippen LogP contribution in [0, 0.1) is 5.92 Å². The number of amides is 3. The highest BCUT2D eigenvalue weighted by Crippen LogP contribution is 2.32. The minimum Gasteiger partial charge on any atom is -0.334 e. The first-order valence-corrected chi connectivity index (χ1v) is 10.2. The molecule has 2 atom stereocenters. The number of rotatable bonds is 6. The molecule has 2 aliphatic rings. The van der Waals surface area contributed by atoms with Crippen LogP contribution in [0.4, 0.5) is 16.2 Å². The van der Waals surface area contributed by atoms with Gasteiger partial charge in [0, 0.05) is 48.8 Å². The van der Waals surface area contributed by atoms with Crippen molar-refractivity contribution >= 4 is 48.1 Å². The predicted octanol–water partition coefficient (Wildman–Crippen LogP) is 4.11. The summed E-state index contributed by atoms with van der Waals surface area (Å²) < 4.78 is 0. The molecule has 4 N–H and O–H groups in total. The number of carbonyl (C=O) groups excluding carboxylic acids is 2. The van der Waals surface area contributed by atoms with Crippen LogP contribution in [0.5, 0.6) is 0 Å². The standard InChI is InChI=1S/C22H27N5O2.2ClH/c28-21(12-16-10-19-4-5-20(11-16)25-19)26-17-2-1-3-18(13-17)27-22(29)24-14-15-6-8-23-9-7-15;;/h1-3,6-9,13,16,19-20,25H,4-5,10-12,14H2,(H,26,28)(H2,24,27,29);2*1H. The summed E-state index contributed by atoms with van der Waals surface area (Å²) in [4.78, 5) is 28.5. The summed E-state index contributed by atoms with van der Waals surface area (Å²) in [5.41, 5.74) is 2.30. The summed E-state index contributed by atoms with van der Waals surface area (Å²) in [6, 6.07) is 11.8. The summed E-state index contributed by atoms with van der Waals surface area (Å²) >= 11 is 0. The highest BCUT2D eigenvalue weighted by Gasteiger charge is 2.34. The van der Waals surface area contributed by atoms with Gasteiger partial charge in [-0.25, -0.2) is 4.79 Å². The third-order valence-electron chi connectivity index (χ3n) is 5.65. The molecule has 3 amide bonds. The van der Waals surface area contributed by atoms with E-state index in [-0.39, 0.29) is 36.8 Å². The molecule has 3 heterocycles. The molecule has 2 aliphatic heterocycles. The second-order valence-electron chi connectivity index (χ2n) is 7.97. The zero-order valence-corrected chi connectivity index (χ0v) is 18.8. The Hall–Kier alpha value is -2.35. The number of benzene rings is 1. The first-order chi connectivity index (χ1) is 14.1. The monoisotopic (exact) mass is 465 g/mol. The molecule has 0 aliphatic carbocycles. The van der Waals surface area contributed by atoms with Crippen molar-refractivity contribution < 1.29 is 9.59 Å². The molecule has 31 heavy (non-hydrogen) atoms. The van der Waals surface area contributed by atoms with Gasteiger partial charge in [0.1, 0.15) is 0 Å². The van der Waals surface area contributed by atoms with Crippen molar-refractivity contribution in [1.29, 1.82) is 0 Å². The molecule has 2 saturated heterocycles. The first kappa shape index (κ1) is 24.9. The average molecular weight is 466 g/mol. The van der Waals surface area contributed by atoms with Crippen LogP contribution in [-0.2, 0) is 11.3 Å². The first-order valence-electron chi connectivity index (χ1n) is 10.2. The predicted molar refractivity (Wildman–Crippen MR) is 127 cm³/mol. The summed E-state index contributed by atoms with van der Waals surface area (Å²) in [6.45, 7) is 0.420. The molecule has 1 aromatic carbocycles. The van der Waals surface area contributed by atoms with Gasteiger partial charge in [-0.1, -0.05) is 6.07 Å². The molecule has 168 valence electrons. The number of nitrogens with one attached hydrogen (secondary N) is 4. The van der Waals surface area contributed by atoms with Crippen LogP contribution in [-0.4, -0.2) is 29.0 Å². The molecule has 1 aromatic heterocycles. The van der Waals surface area contributed by atoms with E-state index in [0.717, 1.165) is 18.4 Å². The second-order valence-corrected chi connectivity index (χ2v) is 7.97. The van der Waals surface area contributed by atoms with Crippen molar-refractivity contribution in [3.05, 3.63) is 54.4 Å². The summed E-state index contributed by atoms with van der Waals surface area (Å²) in [5.74, 6) is 0.490. The van der Waals surface area contributed by atoms with Gasteiger partial charge in [-0.2, -0.15) is 0 Å². The average Bonchev–Trinajstić information content (AvgIpc) is 3.05. The molecule has 2 fully saturated rings. The van der Waals surface area contributed by atoms with Crippen molar-refractivity contribution in [2.24, 2.45) is 5.92 Å². The highest BCUT2D eigenvalue weighted by molar-refractivity contribution is 5.93. The lowest BCUT2D eigenvalue weighted by atomic mass is 9.89. The second kappa shape index (κ2) is 11.9. The number of hydrogen-bond donors (Lipinski definition) is 4. The highest BCUT2D eigenvalue weighted by atomic mass is 35.5. The Labute approximate surface area is 195 Å². The molecule has 2 aromatic rings. The van der Waals surface area contributed by atoms with Crippen LogP contribution in [0.25, 0.3) is 0 Å². The van der Waals surface area contributed by atoms with Crippen LogP contribution in [0.2, 0.25) is 0 Å². The number of aromatic nitrogens is 1. The van der Waals surface area contributed by atoms with E-state index in [2.05, 4.69) is 26.3 Å². The lowest BCUT2D eigenvalue weighted by molar-refractivity contribution is -0.117. The number of fused-ring (bicyclic) bond motifs is 2. The quantitative estimate of drug-likeness (QED) is 0.516. The maximum atomic E-state index is 12.5. The third-order valence-corrected chi connectivity index (χ3v) is 5.65. The number of hydrogen-bond acceptors (Lipinski definition) is 4. The summed E-state index contributed by atoms with van der Waals surface area (Å²) in [5, 5.41) is 12.2. The Balaban J connectivity index is 0.00000171. The zero-order chi connectivity index (χ0) is 20.1. The van der Waals surface area contributed by atoms with E-state index in [1.54, 1.807) is 24.5 Å². The van der Waals surface area contributed by atoms with Crippen molar-refractivity contribution in [3.63, 3.8) is 0 Å². The van der Waals surface area contributed by atoms with E-state index in [4.69, 9.17) is 0 Å². The van der Waals surface area contributed by atoms with Crippen LogP contribution in [0.3, 0.4) is 0 Å². The molecular weight excluding hydrogens is 437 g/mol. The van der Waals surface area contributed by atoms with Crippen molar-refractivity contribution in [3.8, 4) is 0 Å². The number of urea groups is 1. The largest absolute Gasteiger partial charge is 0.334 e. The topological polar surface area (TPSA) is 95.2 Å². The Morgan fingerprint density at radius 1 is 0.968 bits per heavy atom. The number of carbonyl (C=O) groups is 2. The third kappa shape index (κ3) is 7.38. The SMILES string of the molecule is Cl.Cl.O=C(CC1CC2CCC(C1)N2)Nc1cccc(NC(=O)NCc2ccncc2)c1. The molecule has 0 saturated carbocycles. The summed E-state index contributed by atoms with van der Waals surface area (Å²) in [6.07, 6.45) is 8.58. The maximum absolute atomic E-state index is 12.5. The van der Waals surface area contributed by atoms with Gasteiger partial charge in [0.05, 0.1) is 0 Å². The number of anilines is 2. The molecule has 9 heteroatoms. The van der Waals surface area contributed by atoms with Crippen LogP contribution in [0.15, 0.2) is 48.8 Å². The molecule has 0 spiro atoms. The van der Waals surface area contributed by atoms with Gasteiger partial charge in [-0.15, -0.1) is 24.8 Å². The molecular formula is C22H29Cl2N5O2. The fraction of sp³-hybridized carbons (Fsp3) is 0.409. The van der Waals surface area contributed by atoms with Gasteiger partial charge in [-0.3, -0.25) is 9.78 Å². The normalized spacial score (nSPS) is 21.2. The lowest BCUT2D eigenvalue weighted by Crippen LogP contribution is -2.39. The fourth-order valence-electron chi connectivity index (χ4n) is 4.35. The van der Waals surface area contributed by atoms with Crippen molar-refractivity contribution in [2.45, 2.75) is 50.7 Å². The molecule has 7 nitrogen and oxygen atoms in total. The van der Waals surface area contributed by atoms with Gasteiger partial charge in [0.25, 0.3) is 0 Å². The minimum absolute atomic E-state index is 0. The minimum atomic E-state index is -0.296. The summed E-state index contributed by atoms with van der Waals surface area (Å²) in [7, 11) is 0.